The molecule has 2 heterocycles. The van der Waals surface area contributed by atoms with Crippen molar-refractivity contribution in [3.8, 4) is 11.4 Å². The van der Waals surface area contributed by atoms with Crippen molar-refractivity contribution in [3.05, 3.63) is 47.8 Å². The normalized spacial score (nSPS) is 20.3. The fourth-order valence-corrected chi connectivity index (χ4v) is 20.5. The first-order valence-electron chi connectivity index (χ1n) is 50.4. The van der Waals surface area contributed by atoms with Crippen LogP contribution in [0.5, 0.6) is 0 Å². The van der Waals surface area contributed by atoms with Gasteiger partial charge >= 0.3 is 11.9 Å². The summed E-state index contributed by atoms with van der Waals surface area (Å²) in [6.45, 7) is 16.2. The van der Waals surface area contributed by atoms with Crippen LogP contribution in [-0.2, 0) is 95.4 Å². The second-order valence-corrected chi connectivity index (χ2v) is 41.0. The summed E-state index contributed by atoms with van der Waals surface area (Å²) in [6, 6.07) is 4.23. The molecule has 8 saturated carbocycles. The van der Waals surface area contributed by atoms with E-state index in [0.29, 0.717) is 154 Å². The largest absolute Gasteiger partial charge is 0.462 e. The molecule has 0 saturated heterocycles. The van der Waals surface area contributed by atoms with Crippen LogP contribution in [0, 0.1) is 11.8 Å². The summed E-state index contributed by atoms with van der Waals surface area (Å²) in [6.07, 6.45) is 23.0. The molecule has 12 N–H and O–H groups in total. The van der Waals surface area contributed by atoms with Gasteiger partial charge in [-0.25, -0.2) is 9.59 Å². The van der Waals surface area contributed by atoms with E-state index in [0.717, 1.165) is 51.4 Å². The lowest BCUT2D eigenvalue weighted by Crippen LogP contribution is -2.73. The number of ether oxygens (including phenoxy) is 8. The highest BCUT2D eigenvalue weighted by molar-refractivity contribution is 6.06. The quantitative estimate of drug-likeness (QED) is 0.0218. The third-order valence-corrected chi connectivity index (χ3v) is 29.2. The van der Waals surface area contributed by atoms with Crippen LogP contribution in [0.4, 0.5) is 0 Å². The summed E-state index contributed by atoms with van der Waals surface area (Å²) in [5.41, 5.74) is -13.9. The maximum Gasteiger partial charge on any atom is 0.328 e. The standard InChI is InChI=1S/C100H156N14O22/c1-69(2)75(79(117)135-65-63-133-61-59-131-57-55-129-9)103-81(119)91(5,6)107-83(121)95(43-23-13-24-44-95)111-87(125)99(51-31-17-32-52-99)113-89(127)97(47-27-15-28-48-97)109-85(123)93(39-19-11-20-40-93)105-77(115)71-35-37-73(101-67-71)74-38-36-72(68-102-74)78(116)106-94(41-21-12-22-42-94)86(124)110-98(49-29-16-30-50-98)90(128)114-100(53-33-18-34-54-100)88(126)112-96(45-25-14-26-46-96)84(122)108-92(7,8)82(120)104-76(70(3)4)80(118)136-66-64-134-62-60-132-58-56-130-10/h35-38,67-70,75-76H,11-34,39-66H2,1-10H3,(H,103,119)(H,104,120)(H,105,115)(H,106,116)(H,107,121)(H,108,122)(H,109,123)(H,110,124)(H,111,125)(H,112,126)(H,113,127)(H,114,128)/t75-,76-/m0/s1. The molecule has 2 atom stereocenters. The predicted octanol–water partition coefficient (Wildman–Crippen LogP) is 8.44. The summed E-state index contributed by atoms with van der Waals surface area (Å²) < 4.78 is 42.8. The highest BCUT2D eigenvalue weighted by Gasteiger charge is 2.57. The van der Waals surface area contributed by atoms with Crippen LogP contribution in [0.1, 0.15) is 333 Å². The number of carbonyl (C=O) groups is 14. The van der Waals surface area contributed by atoms with E-state index >= 15 is 28.8 Å². The summed E-state index contributed by atoms with van der Waals surface area (Å²) in [5, 5.41) is 36.8. The minimum atomic E-state index is -1.58. The van der Waals surface area contributed by atoms with Gasteiger partial charge in [0.1, 0.15) is 80.7 Å². The number of hydrogen-bond acceptors (Lipinski definition) is 24. The van der Waals surface area contributed by atoms with E-state index < -0.39 is 162 Å². The lowest BCUT2D eigenvalue weighted by atomic mass is 9.74. The first-order valence-corrected chi connectivity index (χ1v) is 50.4. The maximum absolute atomic E-state index is 15.5. The van der Waals surface area contributed by atoms with Crippen molar-refractivity contribution in [1.82, 2.24) is 73.8 Å². The van der Waals surface area contributed by atoms with E-state index in [1.807, 2.05) is 0 Å². The Bertz CT molecular complexity index is 4070. The number of aromatic nitrogens is 2. The predicted molar refractivity (Wildman–Crippen MR) is 505 cm³/mol. The van der Waals surface area contributed by atoms with Gasteiger partial charge in [-0.05, 0) is 167 Å². The molecule has 0 spiro atoms. The Balaban J connectivity index is 0.762. The van der Waals surface area contributed by atoms with Gasteiger partial charge in [0.2, 0.25) is 59.1 Å². The van der Waals surface area contributed by atoms with Gasteiger partial charge < -0.3 is 102 Å². The molecule has 10 rings (SSSR count). The van der Waals surface area contributed by atoms with Gasteiger partial charge in [0.25, 0.3) is 11.8 Å². The SMILES string of the molecule is COCCOCCOCCOC(=O)[C@@H](NC(=O)C(C)(C)NC(=O)C1(NC(=O)C2(NC(=O)C3(NC(=O)C4(NC(=O)c5ccc(-c6ccc(C(=O)NC7(C(=O)NC8(C(=O)NC9(C(=O)NC%10(C(=O)NC(C)(C)C(=O)N[C@H](C(=O)OCCOCCOCCOC)C(C)C)CCCCC%10)CCCCC9)CCCCC8)CCCCC7)cn6)nc5)CCCCC4)CCCCC3)CCCCC2)CCCCC1)C(C)C. The van der Waals surface area contributed by atoms with E-state index in [-0.39, 0.29) is 154 Å². The number of esters is 2. The van der Waals surface area contributed by atoms with Crippen molar-refractivity contribution in [2.75, 3.05) is 93.5 Å². The maximum atomic E-state index is 15.5. The average molecular weight is 1910 g/mol. The van der Waals surface area contributed by atoms with Crippen molar-refractivity contribution < 1.29 is 105 Å². The Labute approximate surface area is 801 Å². The van der Waals surface area contributed by atoms with E-state index in [9.17, 15) is 38.4 Å². The number of pyridine rings is 2. The molecule has 0 unspecified atom stereocenters. The fourth-order valence-electron chi connectivity index (χ4n) is 20.5. The molecule has 12 amide bonds. The van der Waals surface area contributed by atoms with Crippen molar-refractivity contribution in [2.24, 2.45) is 11.8 Å². The lowest BCUT2D eigenvalue weighted by molar-refractivity contribution is -0.152. The van der Waals surface area contributed by atoms with Gasteiger partial charge in [-0.15, -0.1) is 0 Å². The van der Waals surface area contributed by atoms with Gasteiger partial charge in [-0.3, -0.25) is 67.5 Å². The minimum absolute atomic E-state index is 0.0618. The number of hydrogen-bond donors (Lipinski definition) is 12. The Hall–Kier alpha value is -9.36. The monoisotopic (exact) mass is 1910 g/mol. The third-order valence-electron chi connectivity index (χ3n) is 29.2. The molecule has 2 aromatic rings. The van der Waals surface area contributed by atoms with Crippen LogP contribution >= 0.6 is 0 Å². The van der Waals surface area contributed by atoms with Crippen LogP contribution in [0.15, 0.2) is 36.7 Å². The van der Waals surface area contributed by atoms with E-state index in [1.165, 1.54) is 40.1 Å². The molecule has 0 radical (unpaired) electrons. The van der Waals surface area contributed by atoms with Crippen LogP contribution in [0.25, 0.3) is 11.4 Å². The van der Waals surface area contributed by atoms with Crippen molar-refractivity contribution in [1.29, 1.82) is 0 Å². The first-order chi connectivity index (χ1) is 65.0. The second kappa shape index (κ2) is 50.5. The van der Waals surface area contributed by atoms with Crippen LogP contribution in [0.2, 0.25) is 0 Å². The highest BCUT2D eigenvalue weighted by Crippen LogP contribution is 2.42. The average Bonchev–Trinajstić information content (AvgIpc) is 0.762. The van der Waals surface area contributed by atoms with E-state index in [4.69, 9.17) is 37.9 Å². The van der Waals surface area contributed by atoms with Crippen molar-refractivity contribution in [2.45, 2.75) is 380 Å². The van der Waals surface area contributed by atoms with Gasteiger partial charge in [-0.2, -0.15) is 0 Å². The Morgan fingerprint density at radius 2 is 0.493 bits per heavy atom. The summed E-state index contributed by atoms with van der Waals surface area (Å²) >= 11 is 0. The molecule has 8 fully saturated rings. The van der Waals surface area contributed by atoms with Gasteiger partial charge in [0.05, 0.1) is 88.6 Å². The molecule has 0 bridgehead atoms. The number of carbonyl (C=O) groups excluding carboxylic acids is 14. The van der Waals surface area contributed by atoms with Gasteiger partial charge in [-0.1, -0.05) is 182 Å². The molecule has 8 aliphatic carbocycles. The highest BCUT2D eigenvalue weighted by atomic mass is 16.6. The lowest BCUT2D eigenvalue weighted by Gasteiger charge is -2.46. The zero-order valence-corrected chi connectivity index (χ0v) is 82.4. The van der Waals surface area contributed by atoms with E-state index in [2.05, 4.69) is 73.8 Å². The fraction of sp³-hybridized carbons (Fsp3) is 0.760. The molecule has 758 valence electrons. The molecule has 0 aliphatic heterocycles. The van der Waals surface area contributed by atoms with Gasteiger partial charge in [0.15, 0.2) is 0 Å². The number of nitrogens with one attached hydrogen (secondary N) is 12. The number of nitrogens with zero attached hydrogens (tertiary/aromatic N) is 2. The Kier molecular flexibility index (Phi) is 40.3. The second-order valence-electron chi connectivity index (χ2n) is 41.0. The Morgan fingerprint density at radius 3 is 0.699 bits per heavy atom. The zero-order valence-electron chi connectivity index (χ0n) is 82.4. The van der Waals surface area contributed by atoms with Crippen molar-refractivity contribution in [3.63, 3.8) is 0 Å². The molecule has 136 heavy (non-hydrogen) atoms. The minimum Gasteiger partial charge on any atom is -0.462 e. The number of rotatable bonds is 47. The molecular weight excluding hydrogens is 1750 g/mol. The van der Waals surface area contributed by atoms with Crippen LogP contribution in [-0.4, -0.2) is 254 Å². The summed E-state index contributed by atoms with van der Waals surface area (Å²) in [5.74, 6) is -8.88. The van der Waals surface area contributed by atoms with Crippen LogP contribution < -0.4 is 63.8 Å². The summed E-state index contributed by atoms with van der Waals surface area (Å²) in [7, 11) is 3.16. The third kappa shape index (κ3) is 28.5. The molecule has 36 nitrogen and oxygen atoms in total. The van der Waals surface area contributed by atoms with Gasteiger partial charge in [0, 0.05) is 26.6 Å². The zero-order chi connectivity index (χ0) is 98.3. The van der Waals surface area contributed by atoms with Crippen molar-refractivity contribution >= 4 is 82.8 Å². The topological polar surface area (TPSA) is 483 Å². The molecule has 8 aliphatic rings. The molecular formula is C100H156N14O22. The molecule has 2 aromatic heterocycles. The molecule has 0 aromatic carbocycles. The molecule has 36 heteroatoms. The number of methoxy groups -OCH3 is 2. The smallest absolute Gasteiger partial charge is 0.328 e. The number of amides is 12. The Morgan fingerprint density at radius 1 is 0.287 bits per heavy atom. The van der Waals surface area contributed by atoms with E-state index in [1.54, 1.807) is 66.2 Å². The first kappa shape index (κ1) is 109. The summed E-state index contributed by atoms with van der Waals surface area (Å²) in [4.78, 5) is 216. The van der Waals surface area contributed by atoms with Crippen LogP contribution in [0.3, 0.4) is 0 Å².